The van der Waals surface area contributed by atoms with Gasteiger partial charge in [-0.3, -0.25) is 4.79 Å². The Morgan fingerprint density at radius 1 is 1.43 bits per heavy atom. The lowest BCUT2D eigenvalue weighted by atomic mass is 10.2. The number of nitrogens with zero attached hydrogens (tertiary/aromatic N) is 1. The molecule has 1 aromatic carbocycles. The van der Waals surface area contributed by atoms with Crippen LogP contribution in [0.4, 0.5) is 5.69 Å². The van der Waals surface area contributed by atoms with Gasteiger partial charge in [0, 0.05) is 0 Å². The molecule has 1 aromatic heterocycles. The number of ether oxygens (including phenoxy) is 1. The molecule has 0 bridgehead atoms. The number of oxazole rings is 1. The van der Waals surface area contributed by atoms with E-state index in [0.717, 1.165) is 0 Å². The molecule has 6 nitrogen and oxygen atoms in total. The summed E-state index contributed by atoms with van der Waals surface area (Å²) in [6.45, 7) is 1.75. The van der Waals surface area contributed by atoms with E-state index in [1.807, 2.05) is 0 Å². The monoisotopic (exact) mass is 308 g/mol. The summed E-state index contributed by atoms with van der Waals surface area (Å²) < 4.78 is 9.72. The number of carbonyl (C=O) groups is 2. The summed E-state index contributed by atoms with van der Waals surface area (Å²) in [6.07, 6.45) is 1.31. The standard InChI is InChI=1S/C14H13ClN2O4/c1-8-12(21-7-16-8)6-13(18)17-11-5-9(14(19)20-2)3-4-10(11)15/h3-5,7H,6H2,1-2H3,(H,17,18). The van der Waals surface area contributed by atoms with Crippen LogP contribution >= 0.6 is 11.6 Å². The first kappa shape index (κ1) is 15.1. The molecule has 2 aromatic rings. The van der Waals surface area contributed by atoms with E-state index in [0.29, 0.717) is 27.7 Å². The van der Waals surface area contributed by atoms with Crippen LogP contribution < -0.4 is 5.32 Å². The number of anilines is 1. The van der Waals surface area contributed by atoms with Gasteiger partial charge < -0.3 is 14.5 Å². The number of esters is 1. The van der Waals surface area contributed by atoms with Crippen molar-refractivity contribution < 1.29 is 18.7 Å². The van der Waals surface area contributed by atoms with Crippen LogP contribution in [0.3, 0.4) is 0 Å². The Hall–Kier alpha value is -2.34. The Morgan fingerprint density at radius 3 is 2.81 bits per heavy atom. The van der Waals surface area contributed by atoms with Crippen molar-refractivity contribution in [2.45, 2.75) is 13.3 Å². The number of hydrogen-bond acceptors (Lipinski definition) is 5. The van der Waals surface area contributed by atoms with E-state index in [-0.39, 0.29) is 12.3 Å². The Balaban J connectivity index is 2.13. The van der Waals surface area contributed by atoms with Crippen molar-refractivity contribution in [2.24, 2.45) is 0 Å². The lowest BCUT2D eigenvalue weighted by Crippen LogP contribution is -2.15. The van der Waals surface area contributed by atoms with Crippen LogP contribution in [0.2, 0.25) is 5.02 Å². The second-order valence-electron chi connectivity index (χ2n) is 4.27. The van der Waals surface area contributed by atoms with Gasteiger partial charge in [0.05, 0.1) is 35.5 Å². The highest BCUT2D eigenvalue weighted by atomic mass is 35.5. The van der Waals surface area contributed by atoms with Crippen LogP contribution in [0, 0.1) is 6.92 Å². The minimum absolute atomic E-state index is 0.0324. The average molecular weight is 309 g/mol. The van der Waals surface area contributed by atoms with E-state index < -0.39 is 5.97 Å². The minimum Gasteiger partial charge on any atom is -0.465 e. The van der Waals surface area contributed by atoms with E-state index in [9.17, 15) is 9.59 Å². The highest BCUT2D eigenvalue weighted by Gasteiger charge is 2.14. The highest BCUT2D eigenvalue weighted by molar-refractivity contribution is 6.33. The Labute approximate surface area is 126 Å². The maximum absolute atomic E-state index is 12.0. The number of methoxy groups -OCH3 is 1. The second-order valence-corrected chi connectivity index (χ2v) is 4.68. The molecular weight excluding hydrogens is 296 g/mol. The van der Waals surface area contributed by atoms with Crippen LogP contribution in [0.15, 0.2) is 29.0 Å². The topological polar surface area (TPSA) is 81.4 Å². The summed E-state index contributed by atoms with van der Waals surface area (Å²) in [5.74, 6) is -0.347. The number of aryl methyl sites for hydroxylation is 1. The molecule has 0 atom stereocenters. The first-order valence-electron chi connectivity index (χ1n) is 6.08. The van der Waals surface area contributed by atoms with Crippen LogP contribution in [-0.4, -0.2) is 24.0 Å². The van der Waals surface area contributed by atoms with Crippen molar-refractivity contribution in [3.63, 3.8) is 0 Å². The molecule has 0 aliphatic rings. The Kier molecular flexibility index (Phi) is 4.59. The molecule has 1 heterocycles. The molecule has 0 radical (unpaired) electrons. The summed E-state index contributed by atoms with van der Waals surface area (Å²) in [4.78, 5) is 27.3. The molecule has 21 heavy (non-hydrogen) atoms. The summed E-state index contributed by atoms with van der Waals surface area (Å²) >= 11 is 6.00. The number of halogens is 1. The van der Waals surface area contributed by atoms with Gasteiger partial charge in [-0.25, -0.2) is 9.78 Å². The summed E-state index contributed by atoms with van der Waals surface area (Å²) in [5, 5.41) is 2.95. The van der Waals surface area contributed by atoms with Crippen molar-refractivity contribution in [1.82, 2.24) is 4.98 Å². The van der Waals surface area contributed by atoms with E-state index in [1.165, 1.54) is 31.7 Å². The lowest BCUT2D eigenvalue weighted by molar-refractivity contribution is -0.115. The number of amides is 1. The summed E-state index contributed by atoms with van der Waals surface area (Å²) in [7, 11) is 1.28. The molecule has 0 saturated carbocycles. The number of benzene rings is 1. The molecule has 2 rings (SSSR count). The molecule has 0 saturated heterocycles. The van der Waals surface area contributed by atoms with Crippen molar-refractivity contribution in [3.8, 4) is 0 Å². The predicted molar refractivity (Wildman–Crippen MR) is 76.4 cm³/mol. The molecule has 1 N–H and O–H groups in total. The number of carbonyl (C=O) groups excluding carboxylic acids is 2. The molecule has 7 heteroatoms. The van der Waals surface area contributed by atoms with E-state index in [2.05, 4.69) is 15.0 Å². The van der Waals surface area contributed by atoms with Crippen molar-refractivity contribution in [1.29, 1.82) is 0 Å². The molecular formula is C14H13ClN2O4. The van der Waals surface area contributed by atoms with Crippen LogP contribution in [0.5, 0.6) is 0 Å². The molecule has 0 aliphatic heterocycles. The third-order valence-electron chi connectivity index (χ3n) is 2.83. The highest BCUT2D eigenvalue weighted by Crippen LogP contribution is 2.23. The fraction of sp³-hybridized carbons (Fsp3) is 0.214. The largest absolute Gasteiger partial charge is 0.465 e. The Morgan fingerprint density at radius 2 is 2.19 bits per heavy atom. The first-order valence-corrected chi connectivity index (χ1v) is 6.45. The van der Waals surface area contributed by atoms with Gasteiger partial charge in [0.1, 0.15) is 5.76 Å². The molecule has 110 valence electrons. The number of hydrogen-bond donors (Lipinski definition) is 1. The van der Waals surface area contributed by atoms with E-state index in [1.54, 1.807) is 6.92 Å². The van der Waals surface area contributed by atoms with Gasteiger partial charge in [0.2, 0.25) is 5.91 Å². The maximum atomic E-state index is 12.0. The fourth-order valence-corrected chi connectivity index (χ4v) is 1.87. The second kappa shape index (κ2) is 6.41. The Bertz CT molecular complexity index is 681. The maximum Gasteiger partial charge on any atom is 0.337 e. The van der Waals surface area contributed by atoms with E-state index in [4.69, 9.17) is 16.0 Å². The lowest BCUT2D eigenvalue weighted by Gasteiger charge is -2.08. The van der Waals surface area contributed by atoms with Crippen LogP contribution in [-0.2, 0) is 16.0 Å². The van der Waals surface area contributed by atoms with Crippen molar-refractivity contribution in [3.05, 3.63) is 46.6 Å². The molecule has 0 spiro atoms. The van der Waals surface area contributed by atoms with Gasteiger partial charge in [0.25, 0.3) is 0 Å². The third-order valence-corrected chi connectivity index (χ3v) is 3.16. The molecule has 0 unspecified atom stereocenters. The molecule has 1 amide bonds. The molecule has 0 fully saturated rings. The SMILES string of the molecule is COC(=O)c1ccc(Cl)c(NC(=O)Cc2ocnc2C)c1. The van der Waals surface area contributed by atoms with E-state index >= 15 is 0 Å². The molecule has 0 aliphatic carbocycles. The van der Waals surface area contributed by atoms with Gasteiger partial charge in [0.15, 0.2) is 6.39 Å². The summed E-state index contributed by atoms with van der Waals surface area (Å²) in [6, 6.07) is 4.49. The van der Waals surface area contributed by atoms with Crippen molar-refractivity contribution >= 4 is 29.2 Å². The zero-order valence-electron chi connectivity index (χ0n) is 11.5. The fourth-order valence-electron chi connectivity index (χ4n) is 1.70. The number of rotatable bonds is 4. The summed E-state index contributed by atoms with van der Waals surface area (Å²) in [5.41, 5.74) is 1.29. The number of aromatic nitrogens is 1. The predicted octanol–water partition coefficient (Wildman–Crippen LogP) is 2.60. The zero-order valence-corrected chi connectivity index (χ0v) is 12.2. The van der Waals surface area contributed by atoms with Crippen LogP contribution in [0.1, 0.15) is 21.8 Å². The van der Waals surface area contributed by atoms with Gasteiger partial charge in [-0.1, -0.05) is 11.6 Å². The van der Waals surface area contributed by atoms with Crippen molar-refractivity contribution in [2.75, 3.05) is 12.4 Å². The average Bonchev–Trinajstić information content (AvgIpc) is 2.85. The smallest absolute Gasteiger partial charge is 0.337 e. The third kappa shape index (κ3) is 3.61. The first-order chi connectivity index (χ1) is 10.0. The van der Waals surface area contributed by atoms with Gasteiger partial charge in [-0.2, -0.15) is 0 Å². The van der Waals surface area contributed by atoms with Gasteiger partial charge >= 0.3 is 5.97 Å². The van der Waals surface area contributed by atoms with Gasteiger partial charge in [-0.15, -0.1) is 0 Å². The zero-order chi connectivity index (χ0) is 15.4. The van der Waals surface area contributed by atoms with Crippen LogP contribution in [0.25, 0.3) is 0 Å². The quantitative estimate of drug-likeness (QED) is 0.878. The minimum atomic E-state index is -0.506. The van der Waals surface area contributed by atoms with Gasteiger partial charge in [-0.05, 0) is 25.1 Å². The number of nitrogens with one attached hydrogen (secondary N) is 1. The normalized spacial score (nSPS) is 10.2.